The number of hydrogen-bond donors (Lipinski definition) is 0. The molecule has 21 heavy (non-hydrogen) atoms. The lowest BCUT2D eigenvalue weighted by atomic mass is 10.2. The number of rotatable bonds is 2. The predicted octanol–water partition coefficient (Wildman–Crippen LogP) is 1.87. The smallest absolute Gasteiger partial charge is 0.220 e. The Labute approximate surface area is 123 Å². The first kappa shape index (κ1) is 13.7. The van der Waals surface area contributed by atoms with Gasteiger partial charge in [-0.1, -0.05) is 0 Å². The summed E-state index contributed by atoms with van der Waals surface area (Å²) in [6.07, 6.45) is 5.57. The molecule has 1 saturated heterocycles. The van der Waals surface area contributed by atoms with Crippen LogP contribution in [0.3, 0.4) is 0 Å². The summed E-state index contributed by atoms with van der Waals surface area (Å²) in [5.74, 6) is 1.62. The molecule has 0 radical (unpaired) electrons. The maximum Gasteiger partial charge on any atom is 0.220 e. The number of aromatic nitrogens is 4. The second kappa shape index (κ2) is 5.27. The normalized spacial score (nSPS) is 18.2. The minimum absolute atomic E-state index is 0.0126. The Morgan fingerprint density at radius 1 is 1.38 bits per heavy atom. The Morgan fingerprint density at radius 2 is 2.19 bits per heavy atom. The SMILES string of the molecule is CC(=O)N1CCC[C@@H]1c1nc(C)cc(-c2nccn2C)n1. The number of hydrogen-bond acceptors (Lipinski definition) is 4. The van der Waals surface area contributed by atoms with E-state index in [1.54, 1.807) is 13.1 Å². The second-order valence-electron chi connectivity index (χ2n) is 5.48. The molecule has 1 aliphatic heterocycles. The molecular weight excluding hydrogens is 266 g/mol. The molecular formula is C15H19N5O. The van der Waals surface area contributed by atoms with Crippen LogP contribution in [0.5, 0.6) is 0 Å². The number of carbonyl (C=O) groups is 1. The van der Waals surface area contributed by atoms with Crippen LogP contribution < -0.4 is 0 Å². The maximum atomic E-state index is 11.7. The minimum atomic E-state index is -0.0126. The average molecular weight is 285 g/mol. The fraction of sp³-hybridized carbons (Fsp3) is 0.467. The molecule has 1 fully saturated rings. The summed E-state index contributed by atoms with van der Waals surface area (Å²) in [5.41, 5.74) is 1.70. The molecule has 0 saturated carbocycles. The molecule has 0 aliphatic carbocycles. The summed E-state index contributed by atoms with van der Waals surface area (Å²) in [6, 6.07) is 1.92. The van der Waals surface area contributed by atoms with Crippen LogP contribution in [0.4, 0.5) is 0 Å². The number of amides is 1. The van der Waals surface area contributed by atoms with Gasteiger partial charge in [0.15, 0.2) is 11.6 Å². The van der Waals surface area contributed by atoms with E-state index in [9.17, 15) is 4.79 Å². The third-order valence-electron chi connectivity index (χ3n) is 3.88. The Bertz CT molecular complexity index is 678. The molecule has 3 heterocycles. The Morgan fingerprint density at radius 3 is 2.86 bits per heavy atom. The van der Waals surface area contributed by atoms with Gasteiger partial charge in [-0.3, -0.25) is 4.79 Å². The van der Waals surface area contributed by atoms with Crippen molar-refractivity contribution in [1.82, 2.24) is 24.4 Å². The van der Waals surface area contributed by atoms with Gasteiger partial charge in [-0.25, -0.2) is 15.0 Å². The highest BCUT2D eigenvalue weighted by Gasteiger charge is 2.30. The summed E-state index contributed by atoms with van der Waals surface area (Å²) < 4.78 is 1.93. The number of likely N-dealkylation sites (tertiary alicyclic amines) is 1. The van der Waals surface area contributed by atoms with Gasteiger partial charge in [0.25, 0.3) is 0 Å². The molecule has 3 rings (SSSR count). The third kappa shape index (κ3) is 2.53. The number of imidazole rings is 1. The number of aryl methyl sites for hydroxylation is 2. The number of nitrogens with zero attached hydrogens (tertiary/aromatic N) is 5. The molecule has 1 aliphatic rings. The van der Waals surface area contributed by atoms with Gasteiger partial charge in [-0.05, 0) is 25.8 Å². The van der Waals surface area contributed by atoms with Gasteiger partial charge in [0.1, 0.15) is 5.69 Å². The molecule has 0 N–H and O–H groups in total. The molecule has 6 heteroatoms. The van der Waals surface area contributed by atoms with Crippen LogP contribution in [-0.4, -0.2) is 36.9 Å². The Kier molecular flexibility index (Phi) is 3.45. The Balaban J connectivity index is 2.02. The zero-order valence-electron chi connectivity index (χ0n) is 12.6. The first-order chi connectivity index (χ1) is 10.1. The molecule has 0 spiro atoms. The van der Waals surface area contributed by atoms with Crippen LogP contribution in [0, 0.1) is 6.92 Å². The zero-order valence-corrected chi connectivity index (χ0v) is 12.6. The van der Waals surface area contributed by atoms with Crippen molar-refractivity contribution in [3.8, 4) is 11.5 Å². The van der Waals surface area contributed by atoms with Crippen LogP contribution in [0.25, 0.3) is 11.5 Å². The van der Waals surface area contributed by atoms with Crippen molar-refractivity contribution in [3.63, 3.8) is 0 Å². The van der Waals surface area contributed by atoms with Gasteiger partial charge < -0.3 is 9.47 Å². The van der Waals surface area contributed by atoms with Crippen LogP contribution in [0.2, 0.25) is 0 Å². The van der Waals surface area contributed by atoms with Gasteiger partial charge >= 0.3 is 0 Å². The first-order valence-corrected chi connectivity index (χ1v) is 7.17. The van der Waals surface area contributed by atoms with Crippen molar-refractivity contribution in [2.75, 3.05) is 6.54 Å². The van der Waals surface area contributed by atoms with E-state index in [1.807, 2.05) is 35.7 Å². The highest BCUT2D eigenvalue weighted by Crippen LogP contribution is 2.30. The van der Waals surface area contributed by atoms with Crippen LogP contribution in [0.15, 0.2) is 18.5 Å². The van der Waals surface area contributed by atoms with Crippen molar-refractivity contribution in [3.05, 3.63) is 30.0 Å². The fourth-order valence-electron chi connectivity index (χ4n) is 2.88. The highest BCUT2D eigenvalue weighted by atomic mass is 16.2. The summed E-state index contributed by atoms with van der Waals surface area (Å²) >= 11 is 0. The molecule has 110 valence electrons. The molecule has 1 amide bonds. The average Bonchev–Trinajstić information content (AvgIpc) is 3.06. The molecule has 2 aromatic rings. The van der Waals surface area contributed by atoms with E-state index < -0.39 is 0 Å². The molecule has 0 unspecified atom stereocenters. The molecule has 0 aromatic carbocycles. The van der Waals surface area contributed by atoms with Crippen molar-refractivity contribution in [2.45, 2.75) is 32.7 Å². The van der Waals surface area contributed by atoms with E-state index in [0.717, 1.165) is 42.4 Å². The van der Waals surface area contributed by atoms with Crippen molar-refractivity contribution in [2.24, 2.45) is 7.05 Å². The van der Waals surface area contributed by atoms with Gasteiger partial charge in [0.05, 0.1) is 6.04 Å². The minimum Gasteiger partial charge on any atom is -0.333 e. The highest BCUT2D eigenvalue weighted by molar-refractivity contribution is 5.74. The van der Waals surface area contributed by atoms with Gasteiger partial charge in [-0.15, -0.1) is 0 Å². The summed E-state index contributed by atoms with van der Waals surface area (Å²) in [7, 11) is 1.94. The topological polar surface area (TPSA) is 63.9 Å². The summed E-state index contributed by atoms with van der Waals surface area (Å²) in [6.45, 7) is 4.34. The largest absolute Gasteiger partial charge is 0.333 e. The number of carbonyl (C=O) groups excluding carboxylic acids is 1. The quantitative estimate of drug-likeness (QED) is 0.845. The predicted molar refractivity (Wildman–Crippen MR) is 78.3 cm³/mol. The van der Waals surface area contributed by atoms with E-state index in [1.165, 1.54) is 0 Å². The fourth-order valence-corrected chi connectivity index (χ4v) is 2.88. The zero-order chi connectivity index (χ0) is 15.0. The van der Waals surface area contributed by atoms with Crippen molar-refractivity contribution < 1.29 is 4.79 Å². The summed E-state index contributed by atoms with van der Waals surface area (Å²) in [4.78, 5) is 27.1. The maximum absolute atomic E-state index is 11.7. The van der Waals surface area contributed by atoms with Crippen molar-refractivity contribution in [1.29, 1.82) is 0 Å². The van der Waals surface area contributed by atoms with E-state index in [2.05, 4.69) is 15.0 Å². The molecule has 1 atom stereocenters. The van der Waals surface area contributed by atoms with E-state index in [-0.39, 0.29) is 11.9 Å². The van der Waals surface area contributed by atoms with Crippen LogP contribution in [0.1, 0.15) is 37.3 Å². The lowest BCUT2D eigenvalue weighted by Crippen LogP contribution is -2.29. The van der Waals surface area contributed by atoms with E-state index in [4.69, 9.17) is 0 Å². The lowest BCUT2D eigenvalue weighted by Gasteiger charge is -2.22. The first-order valence-electron chi connectivity index (χ1n) is 7.17. The van der Waals surface area contributed by atoms with Crippen LogP contribution in [-0.2, 0) is 11.8 Å². The van der Waals surface area contributed by atoms with Gasteiger partial charge in [0, 0.05) is 38.6 Å². The van der Waals surface area contributed by atoms with Gasteiger partial charge in [-0.2, -0.15) is 0 Å². The van der Waals surface area contributed by atoms with Gasteiger partial charge in [0.2, 0.25) is 5.91 Å². The van der Waals surface area contributed by atoms with E-state index >= 15 is 0 Å². The Hall–Kier alpha value is -2.24. The third-order valence-corrected chi connectivity index (χ3v) is 3.88. The summed E-state index contributed by atoms with van der Waals surface area (Å²) in [5, 5.41) is 0. The second-order valence-corrected chi connectivity index (χ2v) is 5.48. The van der Waals surface area contributed by atoms with Crippen LogP contribution >= 0.6 is 0 Å². The standard InChI is InChI=1S/C15H19N5O/c1-10-9-12(15-16-6-8-19(15)3)18-14(17-10)13-5-4-7-20(13)11(2)21/h6,8-9,13H,4-5,7H2,1-3H3/t13-/m1/s1. The molecule has 6 nitrogen and oxygen atoms in total. The monoisotopic (exact) mass is 285 g/mol. The lowest BCUT2D eigenvalue weighted by molar-refractivity contribution is -0.129. The molecule has 0 bridgehead atoms. The van der Waals surface area contributed by atoms with Crippen molar-refractivity contribution >= 4 is 5.91 Å². The van der Waals surface area contributed by atoms with E-state index in [0.29, 0.717) is 0 Å². The molecule has 2 aromatic heterocycles.